The van der Waals surface area contributed by atoms with Gasteiger partial charge in [-0.1, -0.05) is 29.5 Å². The van der Waals surface area contributed by atoms with E-state index in [1.165, 1.54) is 5.56 Å². The Labute approximate surface area is 154 Å². The molecule has 0 saturated heterocycles. The van der Waals surface area contributed by atoms with Crippen molar-refractivity contribution in [1.29, 1.82) is 0 Å². The van der Waals surface area contributed by atoms with E-state index in [2.05, 4.69) is 61.8 Å². The van der Waals surface area contributed by atoms with Gasteiger partial charge in [0, 0.05) is 28.2 Å². The zero-order valence-corrected chi connectivity index (χ0v) is 15.5. The summed E-state index contributed by atoms with van der Waals surface area (Å²) < 4.78 is 0. The van der Waals surface area contributed by atoms with Crippen molar-refractivity contribution >= 4 is 45.6 Å². The highest BCUT2D eigenvalue weighted by molar-refractivity contribution is 7.98. The average Bonchev–Trinajstić information content (AvgIpc) is 3.19. The molecule has 0 aliphatic heterocycles. The fourth-order valence-electron chi connectivity index (χ4n) is 2.37. The van der Waals surface area contributed by atoms with E-state index in [-0.39, 0.29) is 0 Å². The van der Waals surface area contributed by atoms with Crippen LogP contribution >= 0.6 is 23.1 Å². The zero-order chi connectivity index (χ0) is 17.2. The molecule has 7 heteroatoms. The van der Waals surface area contributed by atoms with E-state index in [9.17, 15) is 0 Å². The summed E-state index contributed by atoms with van der Waals surface area (Å²) in [6.07, 6.45) is 1.86. The number of rotatable bonds is 5. The molecule has 0 amide bonds. The largest absolute Gasteiger partial charge is 0.340 e. The van der Waals surface area contributed by atoms with Crippen molar-refractivity contribution < 1.29 is 0 Å². The van der Waals surface area contributed by atoms with Crippen LogP contribution in [0.3, 0.4) is 0 Å². The number of aromatic amines is 1. The molecule has 0 fully saturated rings. The Hall–Kier alpha value is -2.38. The molecule has 4 rings (SSSR count). The third-order valence-electron chi connectivity index (χ3n) is 3.78. The number of aryl methyl sites for hydroxylation is 2. The van der Waals surface area contributed by atoms with Crippen LogP contribution in [-0.4, -0.2) is 19.9 Å². The number of benzene rings is 1. The average molecular weight is 368 g/mol. The first-order valence-corrected chi connectivity index (χ1v) is 9.81. The fraction of sp³-hybridized carbons (Fsp3) is 0.167. The van der Waals surface area contributed by atoms with Gasteiger partial charge in [0.05, 0.1) is 11.3 Å². The molecule has 0 aliphatic carbocycles. The number of fused-ring (bicyclic) bond motifs is 1. The summed E-state index contributed by atoms with van der Waals surface area (Å²) in [5.41, 5.74) is 5.38. The van der Waals surface area contributed by atoms with Gasteiger partial charge in [0.15, 0.2) is 5.16 Å². The second kappa shape index (κ2) is 6.85. The minimum atomic E-state index is 0.669. The van der Waals surface area contributed by atoms with Crippen LogP contribution < -0.4 is 5.32 Å². The van der Waals surface area contributed by atoms with Crippen molar-refractivity contribution in [2.45, 2.75) is 24.8 Å². The summed E-state index contributed by atoms with van der Waals surface area (Å²) in [7, 11) is 0. The molecular weight excluding hydrogens is 350 g/mol. The monoisotopic (exact) mass is 367 g/mol. The molecule has 25 heavy (non-hydrogen) atoms. The molecule has 4 aromatic rings. The van der Waals surface area contributed by atoms with E-state index >= 15 is 0 Å². The highest BCUT2D eigenvalue weighted by Gasteiger charge is 2.08. The predicted molar refractivity (Wildman–Crippen MR) is 105 cm³/mol. The summed E-state index contributed by atoms with van der Waals surface area (Å²) >= 11 is 3.26. The number of thioether (sulfide) groups is 1. The summed E-state index contributed by atoms with van der Waals surface area (Å²) in [5, 5.41) is 8.38. The molecule has 3 aromatic heterocycles. The van der Waals surface area contributed by atoms with E-state index in [1.54, 1.807) is 23.1 Å². The Morgan fingerprint density at radius 1 is 1.12 bits per heavy atom. The lowest BCUT2D eigenvalue weighted by molar-refractivity contribution is 1.01. The van der Waals surface area contributed by atoms with Gasteiger partial charge in [0.1, 0.15) is 17.2 Å². The number of hydrogen-bond acceptors (Lipinski definition) is 6. The maximum absolute atomic E-state index is 4.66. The molecule has 0 radical (unpaired) electrons. The third kappa shape index (κ3) is 3.67. The van der Waals surface area contributed by atoms with Crippen LogP contribution in [0.5, 0.6) is 0 Å². The first-order valence-electron chi connectivity index (χ1n) is 7.88. The number of aromatic nitrogens is 4. The molecule has 5 nitrogen and oxygen atoms in total. The van der Waals surface area contributed by atoms with Gasteiger partial charge in [-0.2, -0.15) is 0 Å². The van der Waals surface area contributed by atoms with Gasteiger partial charge < -0.3 is 10.3 Å². The first-order chi connectivity index (χ1) is 12.2. The Morgan fingerprint density at radius 2 is 1.96 bits per heavy atom. The van der Waals surface area contributed by atoms with Crippen molar-refractivity contribution in [3.8, 4) is 0 Å². The summed E-state index contributed by atoms with van der Waals surface area (Å²) in [5.74, 6) is 2.29. The first kappa shape index (κ1) is 16.1. The number of nitrogens with one attached hydrogen (secondary N) is 2. The van der Waals surface area contributed by atoms with Crippen LogP contribution in [0.15, 0.2) is 46.4 Å². The number of H-pyrrole nitrogens is 1. The molecule has 126 valence electrons. The lowest BCUT2D eigenvalue weighted by Crippen LogP contribution is -2.01. The van der Waals surface area contributed by atoms with Crippen molar-refractivity contribution in [2.75, 3.05) is 5.32 Å². The standard InChI is InChI=1S/C18H17N5S2/c1-11-3-5-13(6-4-11)20-17-12(2)7-19-16(23-17)10-25-18-21-14-8-24-9-15(14)22-18/h3-9H,10H2,1-2H3,(H,21,22)(H,19,20,23). The fourth-order valence-corrected chi connectivity index (χ4v) is 3.81. The minimum Gasteiger partial charge on any atom is -0.340 e. The minimum absolute atomic E-state index is 0.669. The quantitative estimate of drug-likeness (QED) is 0.482. The van der Waals surface area contributed by atoms with Crippen molar-refractivity contribution in [3.05, 3.63) is 58.2 Å². The second-order valence-electron chi connectivity index (χ2n) is 5.81. The zero-order valence-electron chi connectivity index (χ0n) is 13.9. The normalized spacial score (nSPS) is 11.1. The van der Waals surface area contributed by atoms with E-state index in [0.717, 1.165) is 39.1 Å². The Morgan fingerprint density at radius 3 is 2.76 bits per heavy atom. The molecule has 0 spiro atoms. The topological polar surface area (TPSA) is 66.5 Å². The van der Waals surface area contributed by atoms with Gasteiger partial charge in [-0.3, -0.25) is 0 Å². The van der Waals surface area contributed by atoms with Crippen LogP contribution in [0.4, 0.5) is 11.5 Å². The summed E-state index contributed by atoms with van der Waals surface area (Å²) in [6, 6.07) is 8.28. The van der Waals surface area contributed by atoms with Crippen LogP contribution in [0.25, 0.3) is 11.0 Å². The SMILES string of the molecule is Cc1ccc(Nc2nc(CSc3nc4cscc4[nH]3)ncc2C)cc1. The van der Waals surface area contributed by atoms with E-state index in [0.29, 0.717) is 5.75 Å². The maximum Gasteiger partial charge on any atom is 0.166 e. The molecule has 3 heterocycles. The number of hydrogen-bond donors (Lipinski definition) is 2. The third-order valence-corrected chi connectivity index (χ3v) is 5.38. The number of thiophene rings is 1. The van der Waals surface area contributed by atoms with E-state index in [1.807, 2.05) is 18.5 Å². The molecule has 0 bridgehead atoms. The van der Waals surface area contributed by atoms with Crippen LogP contribution in [0.2, 0.25) is 0 Å². The van der Waals surface area contributed by atoms with E-state index < -0.39 is 0 Å². The maximum atomic E-state index is 4.66. The van der Waals surface area contributed by atoms with Crippen molar-refractivity contribution in [3.63, 3.8) is 0 Å². The number of anilines is 2. The highest BCUT2D eigenvalue weighted by Crippen LogP contribution is 2.25. The second-order valence-corrected chi connectivity index (χ2v) is 7.52. The number of nitrogens with zero attached hydrogens (tertiary/aromatic N) is 3. The van der Waals surface area contributed by atoms with Crippen molar-refractivity contribution in [2.24, 2.45) is 0 Å². The van der Waals surface area contributed by atoms with Gasteiger partial charge in [-0.05, 0) is 26.0 Å². The van der Waals surface area contributed by atoms with Gasteiger partial charge >= 0.3 is 0 Å². The van der Waals surface area contributed by atoms with Gasteiger partial charge in [-0.15, -0.1) is 11.3 Å². The summed E-state index contributed by atoms with van der Waals surface area (Å²) in [6.45, 7) is 4.08. The molecule has 0 aliphatic rings. The van der Waals surface area contributed by atoms with Gasteiger partial charge in [-0.25, -0.2) is 15.0 Å². The van der Waals surface area contributed by atoms with Crippen LogP contribution in [-0.2, 0) is 5.75 Å². The molecule has 0 unspecified atom stereocenters. The number of imidazole rings is 1. The predicted octanol–water partition coefficient (Wildman–Crippen LogP) is 5.07. The Bertz CT molecular complexity index is 975. The molecular formula is C18H17N5S2. The molecule has 1 aromatic carbocycles. The van der Waals surface area contributed by atoms with Gasteiger partial charge in [0.25, 0.3) is 0 Å². The highest BCUT2D eigenvalue weighted by atomic mass is 32.2. The van der Waals surface area contributed by atoms with E-state index in [4.69, 9.17) is 0 Å². The lowest BCUT2D eigenvalue weighted by Gasteiger charge is -2.10. The van der Waals surface area contributed by atoms with Crippen LogP contribution in [0, 0.1) is 13.8 Å². The molecule has 0 saturated carbocycles. The molecule has 2 N–H and O–H groups in total. The summed E-state index contributed by atoms with van der Waals surface area (Å²) in [4.78, 5) is 17.0. The smallest absolute Gasteiger partial charge is 0.166 e. The van der Waals surface area contributed by atoms with Crippen LogP contribution in [0.1, 0.15) is 17.0 Å². The lowest BCUT2D eigenvalue weighted by atomic mass is 10.2. The molecule has 0 atom stereocenters. The van der Waals surface area contributed by atoms with Gasteiger partial charge in [0.2, 0.25) is 0 Å². The van der Waals surface area contributed by atoms with Crippen molar-refractivity contribution in [1.82, 2.24) is 19.9 Å². The Kier molecular flexibility index (Phi) is 4.42. The Balaban J connectivity index is 1.48.